The average molecular weight is 144 g/mol. The third kappa shape index (κ3) is 1.29. The van der Waals surface area contributed by atoms with Crippen LogP contribution in [0, 0.1) is 0 Å². The van der Waals surface area contributed by atoms with Gasteiger partial charge in [-0.1, -0.05) is 0 Å². The second-order valence-corrected chi connectivity index (χ2v) is 2.06. The van der Waals surface area contributed by atoms with Crippen molar-refractivity contribution < 1.29 is 0 Å². The summed E-state index contributed by atoms with van der Waals surface area (Å²) in [6.07, 6.45) is 0. The Balaban J connectivity index is 2.69. The molecule has 50 valence electrons. The highest BCUT2D eigenvalue weighted by atomic mass is 32.1. The standard InChI is InChI=1S/C4H8N4S/c1-2-6-4-3(5)7-9-8-4/h2H2,1H3,(H2,5,7)(H,6,8). The zero-order valence-electron chi connectivity index (χ0n) is 5.09. The smallest absolute Gasteiger partial charge is 0.184 e. The molecule has 1 heterocycles. The normalized spacial score (nSPS) is 9.44. The molecule has 1 rings (SSSR count). The Morgan fingerprint density at radius 2 is 2.44 bits per heavy atom. The third-order valence-corrected chi connectivity index (χ3v) is 1.40. The molecule has 0 spiro atoms. The van der Waals surface area contributed by atoms with E-state index in [1.165, 1.54) is 0 Å². The lowest BCUT2D eigenvalue weighted by atomic mass is 10.6. The van der Waals surface area contributed by atoms with Crippen molar-refractivity contribution in [2.24, 2.45) is 0 Å². The Bertz CT molecular complexity index is 184. The van der Waals surface area contributed by atoms with E-state index in [1.807, 2.05) is 6.92 Å². The van der Waals surface area contributed by atoms with Crippen molar-refractivity contribution in [3.63, 3.8) is 0 Å². The van der Waals surface area contributed by atoms with Gasteiger partial charge in [-0.25, -0.2) is 0 Å². The SMILES string of the molecule is CCNc1nsnc1N. The van der Waals surface area contributed by atoms with Gasteiger partial charge >= 0.3 is 0 Å². The maximum absolute atomic E-state index is 5.40. The maximum Gasteiger partial charge on any atom is 0.184 e. The van der Waals surface area contributed by atoms with E-state index in [2.05, 4.69) is 14.1 Å². The molecule has 0 radical (unpaired) electrons. The quantitative estimate of drug-likeness (QED) is 0.636. The minimum atomic E-state index is 0.488. The van der Waals surface area contributed by atoms with E-state index >= 15 is 0 Å². The van der Waals surface area contributed by atoms with Crippen LogP contribution in [0.5, 0.6) is 0 Å². The molecule has 4 nitrogen and oxygen atoms in total. The first kappa shape index (κ1) is 6.28. The molecular formula is C4H8N4S. The van der Waals surface area contributed by atoms with E-state index in [0.29, 0.717) is 11.6 Å². The van der Waals surface area contributed by atoms with Crippen LogP contribution >= 0.6 is 11.7 Å². The fourth-order valence-corrected chi connectivity index (χ4v) is 0.940. The van der Waals surface area contributed by atoms with Gasteiger partial charge in [-0.2, -0.15) is 8.75 Å². The predicted molar refractivity (Wildman–Crippen MR) is 38.5 cm³/mol. The zero-order valence-corrected chi connectivity index (χ0v) is 5.90. The van der Waals surface area contributed by atoms with Crippen molar-refractivity contribution in [1.29, 1.82) is 0 Å². The van der Waals surface area contributed by atoms with E-state index in [0.717, 1.165) is 18.3 Å². The largest absolute Gasteiger partial charge is 0.380 e. The molecule has 0 aliphatic carbocycles. The van der Waals surface area contributed by atoms with Gasteiger partial charge < -0.3 is 11.1 Å². The van der Waals surface area contributed by atoms with Gasteiger partial charge in [-0.05, 0) is 6.92 Å². The highest BCUT2D eigenvalue weighted by Gasteiger charge is 1.98. The summed E-state index contributed by atoms with van der Waals surface area (Å²) >= 11 is 1.12. The van der Waals surface area contributed by atoms with E-state index in [-0.39, 0.29) is 0 Å². The molecule has 0 fully saturated rings. The molecule has 0 aromatic carbocycles. The van der Waals surface area contributed by atoms with Gasteiger partial charge in [0.15, 0.2) is 11.6 Å². The Morgan fingerprint density at radius 1 is 1.67 bits per heavy atom. The summed E-state index contributed by atoms with van der Waals surface area (Å²) in [6, 6.07) is 0. The van der Waals surface area contributed by atoms with E-state index in [4.69, 9.17) is 5.73 Å². The fraction of sp³-hybridized carbons (Fsp3) is 0.500. The molecule has 0 aliphatic heterocycles. The molecule has 3 N–H and O–H groups in total. The van der Waals surface area contributed by atoms with Gasteiger partial charge in [-0.3, -0.25) is 0 Å². The summed E-state index contributed by atoms with van der Waals surface area (Å²) in [5.74, 6) is 1.18. The number of hydrogen-bond donors (Lipinski definition) is 2. The minimum absolute atomic E-state index is 0.488. The van der Waals surface area contributed by atoms with Crippen molar-refractivity contribution in [1.82, 2.24) is 8.75 Å². The van der Waals surface area contributed by atoms with Crippen molar-refractivity contribution in [3.8, 4) is 0 Å². The van der Waals surface area contributed by atoms with Crippen LogP contribution in [0.3, 0.4) is 0 Å². The van der Waals surface area contributed by atoms with E-state index < -0.39 is 0 Å². The molecule has 0 atom stereocenters. The fourth-order valence-electron chi connectivity index (χ4n) is 0.485. The molecule has 0 unspecified atom stereocenters. The summed E-state index contributed by atoms with van der Waals surface area (Å²) in [5.41, 5.74) is 5.40. The Kier molecular flexibility index (Phi) is 1.84. The molecular weight excluding hydrogens is 136 g/mol. The molecule has 0 saturated heterocycles. The van der Waals surface area contributed by atoms with Crippen LogP contribution in [0.1, 0.15) is 6.92 Å². The number of rotatable bonds is 2. The lowest BCUT2D eigenvalue weighted by molar-refractivity contribution is 1.19. The van der Waals surface area contributed by atoms with Crippen molar-refractivity contribution >= 4 is 23.4 Å². The third-order valence-electron chi connectivity index (χ3n) is 0.858. The summed E-state index contributed by atoms with van der Waals surface area (Å²) in [7, 11) is 0. The van der Waals surface area contributed by atoms with Crippen LogP contribution in [0.4, 0.5) is 11.6 Å². The summed E-state index contributed by atoms with van der Waals surface area (Å²) in [5, 5.41) is 2.97. The number of hydrogen-bond acceptors (Lipinski definition) is 5. The Hall–Kier alpha value is -0.840. The van der Waals surface area contributed by atoms with Crippen molar-refractivity contribution in [2.45, 2.75) is 6.92 Å². The van der Waals surface area contributed by atoms with Crippen LogP contribution in [-0.2, 0) is 0 Å². The van der Waals surface area contributed by atoms with Crippen molar-refractivity contribution in [3.05, 3.63) is 0 Å². The summed E-state index contributed by atoms with van der Waals surface area (Å²) in [4.78, 5) is 0. The number of nitrogens with one attached hydrogen (secondary N) is 1. The molecule has 9 heavy (non-hydrogen) atoms. The molecule has 1 aromatic heterocycles. The van der Waals surface area contributed by atoms with Crippen LogP contribution in [-0.4, -0.2) is 15.3 Å². The Morgan fingerprint density at radius 3 is 2.89 bits per heavy atom. The maximum atomic E-state index is 5.40. The monoisotopic (exact) mass is 144 g/mol. The van der Waals surface area contributed by atoms with Gasteiger partial charge in [0.2, 0.25) is 0 Å². The second kappa shape index (κ2) is 2.63. The van der Waals surface area contributed by atoms with Gasteiger partial charge in [-0.15, -0.1) is 0 Å². The van der Waals surface area contributed by atoms with E-state index in [9.17, 15) is 0 Å². The lowest BCUT2D eigenvalue weighted by Crippen LogP contribution is -1.99. The number of aromatic nitrogens is 2. The predicted octanol–water partition coefficient (Wildman–Crippen LogP) is 0.552. The van der Waals surface area contributed by atoms with Crippen LogP contribution < -0.4 is 11.1 Å². The highest BCUT2D eigenvalue weighted by molar-refractivity contribution is 6.99. The summed E-state index contributed by atoms with van der Waals surface area (Å²) in [6.45, 7) is 2.81. The minimum Gasteiger partial charge on any atom is -0.380 e. The van der Waals surface area contributed by atoms with Crippen molar-refractivity contribution in [2.75, 3.05) is 17.6 Å². The molecule has 0 aliphatic rings. The van der Waals surface area contributed by atoms with Gasteiger partial charge in [0, 0.05) is 6.54 Å². The number of nitrogen functional groups attached to an aromatic ring is 1. The number of anilines is 2. The number of nitrogens with two attached hydrogens (primary N) is 1. The first-order valence-electron chi connectivity index (χ1n) is 2.66. The molecule has 0 bridgehead atoms. The van der Waals surface area contributed by atoms with Gasteiger partial charge in [0.1, 0.15) is 0 Å². The van der Waals surface area contributed by atoms with Gasteiger partial charge in [0.25, 0.3) is 0 Å². The van der Waals surface area contributed by atoms with Crippen LogP contribution in [0.25, 0.3) is 0 Å². The molecule has 5 heteroatoms. The Labute approximate surface area is 57.4 Å². The topological polar surface area (TPSA) is 63.8 Å². The van der Waals surface area contributed by atoms with Crippen LogP contribution in [0.15, 0.2) is 0 Å². The van der Waals surface area contributed by atoms with E-state index in [1.54, 1.807) is 0 Å². The number of nitrogens with zero attached hydrogens (tertiary/aromatic N) is 2. The lowest BCUT2D eigenvalue weighted by Gasteiger charge is -1.94. The molecule has 1 aromatic rings. The van der Waals surface area contributed by atoms with Crippen LogP contribution in [0.2, 0.25) is 0 Å². The second-order valence-electron chi connectivity index (χ2n) is 1.53. The van der Waals surface area contributed by atoms with Gasteiger partial charge in [0.05, 0.1) is 11.7 Å². The molecule has 0 saturated carbocycles. The summed E-state index contributed by atoms with van der Waals surface area (Å²) < 4.78 is 7.68. The highest BCUT2D eigenvalue weighted by Crippen LogP contribution is 2.12. The first-order valence-corrected chi connectivity index (χ1v) is 3.39. The first-order chi connectivity index (χ1) is 4.34. The molecule has 0 amide bonds. The average Bonchev–Trinajstić information content (AvgIpc) is 2.18. The zero-order chi connectivity index (χ0) is 6.69.